The summed E-state index contributed by atoms with van der Waals surface area (Å²) in [5, 5.41) is 3.65. The first-order valence-corrected chi connectivity index (χ1v) is 9.66. The molecule has 0 aromatic carbocycles. The Bertz CT molecular complexity index is 277. The second-order valence-corrected chi connectivity index (χ2v) is 7.88. The fourth-order valence-electron chi connectivity index (χ4n) is 4.42. The molecular weight excluding hydrogens is 256 g/mol. The zero-order chi connectivity index (χ0) is 15.1. The predicted octanol–water partition coefficient (Wildman–Crippen LogP) is 4.45. The van der Waals surface area contributed by atoms with Crippen LogP contribution in [-0.2, 0) is 0 Å². The normalized spacial score (nSPS) is 32.3. The van der Waals surface area contributed by atoms with Crippen molar-refractivity contribution in [2.24, 2.45) is 11.8 Å². The maximum absolute atomic E-state index is 3.65. The molecule has 1 aliphatic heterocycles. The van der Waals surface area contributed by atoms with Crippen LogP contribution < -0.4 is 5.32 Å². The van der Waals surface area contributed by atoms with Crippen molar-refractivity contribution in [3.63, 3.8) is 0 Å². The quantitative estimate of drug-likeness (QED) is 0.728. The minimum Gasteiger partial charge on any atom is -0.314 e. The van der Waals surface area contributed by atoms with Gasteiger partial charge in [0.1, 0.15) is 0 Å². The van der Waals surface area contributed by atoms with E-state index in [2.05, 4.69) is 31.0 Å². The standard InChI is InChI=1S/C19H38N2/c1-4-7-17-8-5-10-19(12-11-17)21-13-6-9-18(15-21)14-20-16(2)3/h16-20H,4-15H2,1-3H3. The number of hydrogen-bond acceptors (Lipinski definition) is 2. The topological polar surface area (TPSA) is 15.3 Å². The highest BCUT2D eigenvalue weighted by molar-refractivity contribution is 4.83. The van der Waals surface area contributed by atoms with Crippen LogP contribution >= 0.6 is 0 Å². The van der Waals surface area contributed by atoms with Crippen LogP contribution in [0.2, 0.25) is 0 Å². The van der Waals surface area contributed by atoms with Gasteiger partial charge in [0.2, 0.25) is 0 Å². The van der Waals surface area contributed by atoms with Gasteiger partial charge in [-0.2, -0.15) is 0 Å². The molecule has 3 unspecified atom stereocenters. The number of nitrogens with zero attached hydrogens (tertiary/aromatic N) is 1. The summed E-state index contributed by atoms with van der Waals surface area (Å²) in [6.45, 7) is 10.8. The molecule has 1 N–H and O–H groups in total. The molecule has 1 aliphatic carbocycles. The number of rotatable bonds is 6. The number of likely N-dealkylation sites (tertiary alicyclic amines) is 1. The lowest BCUT2D eigenvalue weighted by atomic mass is 9.93. The molecular formula is C19H38N2. The molecule has 0 radical (unpaired) electrons. The summed E-state index contributed by atoms with van der Waals surface area (Å²) in [5.41, 5.74) is 0. The minimum atomic E-state index is 0.632. The third kappa shape index (κ3) is 5.90. The number of hydrogen-bond donors (Lipinski definition) is 1. The molecule has 0 spiro atoms. The summed E-state index contributed by atoms with van der Waals surface area (Å²) in [7, 11) is 0. The zero-order valence-corrected chi connectivity index (χ0v) is 14.7. The van der Waals surface area contributed by atoms with Crippen LogP contribution in [0.25, 0.3) is 0 Å². The van der Waals surface area contributed by atoms with E-state index in [0.717, 1.165) is 17.9 Å². The molecule has 0 aromatic heterocycles. The fourth-order valence-corrected chi connectivity index (χ4v) is 4.42. The summed E-state index contributed by atoms with van der Waals surface area (Å²) >= 11 is 0. The van der Waals surface area contributed by atoms with Crippen molar-refractivity contribution in [3.8, 4) is 0 Å². The van der Waals surface area contributed by atoms with Crippen molar-refractivity contribution >= 4 is 0 Å². The summed E-state index contributed by atoms with van der Waals surface area (Å²) < 4.78 is 0. The first-order chi connectivity index (χ1) is 10.2. The number of piperidine rings is 1. The third-order valence-electron chi connectivity index (χ3n) is 5.64. The Kier molecular flexibility index (Phi) is 7.53. The first kappa shape index (κ1) is 17.3. The minimum absolute atomic E-state index is 0.632. The van der Waals surface area contributed by atoms with E-state index < -0.39 is 0 Å². The molecule has 1 heterocycles. The molecule has 0 bridgehead atoms. The van der Waals surface area contributed by atoms with Gasteiger partial charge in [-0.15, -0.1) is 0 Å². The smallest absolute Gasteiger partial charge is 0.00954 e. The Morgan fingerprint density at radius 3 is 2.57 bits per heavy atom. The van der Waals surface area contributed by atoms with Gasteiger partial charge in [-0.05, 0) is 57.0 Å². The van der Waals surface area contributed by atoms with Crippen LogP contribution in [0, 0.1) is 11.8 Å². The Hall–Kier alpha value is -0.0800. The van der Waals surface area contributed by atoms with Gasteiger partial charge in [0.25, 0.3) is 0 Å². The van der Waals surface area contributed by atoms with Gasteiger partial charge < -0.3 is 10.2 Å². The largest absolute Gasteiger partial charge is 0.314 e. The van der Waals surface area contributed by atoms with E-state index in [1.807, 2.05) is 0 Å². The summed E-state index contributed by atoms with van der Waals surface area (Å²) in [6, 6.07) is 1.53. The van der Waals surface area contributed by atoms with E-state index in [-0.39, 0.29) is 0 Å². The van der Waals surface area contributed by atoms with Crippen molar-refractivity contribution < 1.29 is 0 Å². The monoisotopic (exact) mass is 294 g/mol. The Labute approximate surface area is 133 Å². The molecule has 2 heteroatoms. The van der Waals surface area contributed by atoms with Gasteiger partial charge in [-0.25, -0.2) is 0 Å². The Morgan fingerprint density at radius 1 is 1.00 bits per heavy atom. The molecule has 21 heavy (non-hydrogen) atoms. The Balaban J connectivity index is 1.77. The van der Waals surface area contributed by atoms with E-state index in [0.29, 0.717) is 6.04 Å². The van der Waals surface area contributed by atoms with Crippen molar-refractivity contribution in [3.05, 3.63) is 0 Å². The molecule has 1 saturated carbocycles. The van der Waals surface area contributed by atoms with Crippen molar-refractivity contribution in [2.45, 2.75) is 90.6 Å². The van der Waals surface area contributed by atoms with Gasteiger partial charge >= 0.3 is 0 Å². The summed E-state index contributed by atoms with van der Waals surface area (Å²) in [5.74, 6) is 1.92. The van der Waals surface area contributed by atoms with Crippen molar-refractivity contribution in [1.29, 1.82) is 0 Å². The number of nitrogens with one attached hydrogen (secondary N) is 1. The van der Waals surface area contributed by atoms with E-state index in [1.165, 1.54) is 77.4 Å². The average molecular weight is 295 g/mol. The first-order valence-electron chi connectivity index (χ1n) is 9.66. The molecule has 2 fully saturated rings. The summed E-state index contributed by atoms with van der Waals surface area (Å²) in [4.78, 5) is 2.85. The highest BCUT2D eigenvalue weighted by Gasteiger charge is 2.27. The van der Waals surface area contributed by atoms with Gasteiger partial charge in [0, 0.05) is 18.6 Å². The van der Waals surface area contributed by atoms with Gasteiger partial charge in [-0.3, -0.25) is 0 Å². The lowest BCUT2D eigenvalue weighted by Crippen LogP contribution is -2.45. The SMILES string of the molecule is CCCC1CCCC(N2CCCC(CNC(C)C)C2)CC1. The average Bonchev–Trinajstić information content (AvgIpc) is 2.72. The van der Waals surface area contributed by atoms with Crippen molar-refractivity contribution in [1.82, 2.24) is 10.2 Å². The Morgan fingerprint density at radius 2 is 1.81 bits per heavy atom. The maximum atomic E-state index is 3.65. The van der Waals surface area contributed by atoms with E-state index in [9.17, 15) is 0 Å². The molecule has 124 valence electrons. The van der Waals surface area contributed by atoms with Crippen molar-refractivity contribution in [2.75, 3.05) is 19.6 Å². The molecule has 1 saturated heterocycles. The van der Waals surface area contributed by atoms with Crippen LogP contribution in [0.15, 0.2) is 0 Å². The van der Waals surface area contributed by atoms with Crippen LogP contribution in [0.3, 0.4) is 0 Å². The summed E-state index contributed by atoms with van der Waals surface area (Å²) in [6.07, 6.45) is 13.1. The van der Waals surface area contributed by atoms with Crippen LogP contribution in [0.5, 0.6) is 0 Å². The predicted molar refractivity (Wildman–Crippen MR) is 92.7 cm³/mol. The van der Waals surface area contributed by atoms with Gasteiger partial charge in [0.05, 0.1) is 0 Å². The lowest BCUT2D eigenvalue weighted by molar-refractivity contribution is 0.110. The fraction of sp³-hybridized carbons (Fsp3) is 1.00. The van der Waals surface area contributed by atoms with E-state index in [1.54, 1.807) is 0 Å². The lowest BCUT2D eigenvalue weighted by Gasteiger charge is -2.38. The second-order valence-electron chi connectivity index (χ2n) is 7.88. The molecule has 2 nitrogen and oxygen atoms in total. The molecule has 2 rings (SSSR count). The van der Waals surface area contributed by atoms with E-state index >= 15 is 0 Å². The maximum Gasteiger partial charge on any atom is 0.00954 e. The molecule has 3 atom stereocenters. The third-order valence-corrected chi connectivity index (χ3v) is 5.64. The van der Waals surface area contributed by atoms with Crippen LogP contribution in [0.4, 0.5) is 0 Å². The zero-order valence-electron chi connectivity index (χ0n) is 14.7. The highest BCUT2D eigenvalue weighted by Crippen LogP contribution is 2.31. The van der Waals surface area contributed by atoms with Crippen LogP contribution in [0.1, 0.15) is 78.6 Å². The van der Waals surface area contributed by atoms with Crippen LogP contribution in [-0.4, -0.2) is 36.6 Å². The molecule has 0 amide bonds. The highest BCUT2D eigenvalue weighted by atomic mass is 15.2. The molecule has 0 aromatic rings. The van der Waals surface area contributed by atoms with Gasteiger partial charge in [-0.1, -0.05) is 46.5 Å². The van der Waals surface area contributed by atoms with E-state index in [4.69, 9.17) is 0 Å². The second kappa shape index (κ2) is 9.15. The van der Waals surface area contributed by atoms with Gasteiger partial charge in [0.15, 0.2) is 0 Å². The molecule has 2 aliphatic rings.